The standard InChI is InChI=1S/C14H19N3O2/c1-10-14(19)17(9-13(18)16(2)3)12-7-5-4-6-11(12)8-15-10/h4-7,10,15H,8-9H2,1-3H3. The molecule has 0 saturated heterocycles. The lowest BCUT2D eigenvalue weighted by Crippen LogP contribution is -2.46. The highest BCUT2D eigenvalue weighted by molar-refractivity contribution is 6.02. The van der Waals surface area contributed by atoms with Crippen LogP contribution in [-0.2, 0) is 16.1 Å². The molecule has 5 nitrogen and oxygen atoms in total. The van der Waals surface area contributed by atoms with E-state index < -0.39 is 0 Å². The number of benzene rings is 1. The Labute approximate surface area is 113 Å². The molecule has 2 amide bonds. The van der Waals surface area contributed by atoms with E-state index in [4.69, 9.17) is 0 Å². The Hall–Kier alpha value is -1.88. The highest BCUT2D eigenvalue weighted by Crippen LogP contribution is 2.23. The average molecular weight is 261 g/mol. The third kappa shape index (κ3) is 2.76. The van der Waals surface area contributed by atoms with Crippen molar-refractivity contribution < 1.29 is 9.59 Å². The van der Waals surface area contributed by atoms with E-state index in [0.717, 1.165) is 11.3 Å². The van der Waals surface area contributed by atoms with Gasteiger partial charge in [-0.1, -0.05) is 18.2 Å². The van der Waals surface area contributed by atoms with Crippen LogP contribution in [0.2, 0.25) is 0 Å². The molecular weight excluding hydrogens is 242 g/mol. The molecule has 1 unspecified atom stereocenters. The van der Waals surface area contributed by atoms with Gasteiger partial charge in [-0.3, -0.25) is 9.59 Å². The van der Waals surface area contributed by atoms with Crippen molar-refractivity contribution in [3.8, 4) is 0 Å². The number of hydrogen-bond donors (Lipinski definition) is 1. The summed E-state index contributed by atoms with van der Waals surface area (Å²) in [7, 11) is 3.39. The molecule has 1 aromatic rings. The second kappa shape index (κ2) is 5.40. The Morgan fingerprint density at radius 1 is 1.42 bits per heavy atom. The number of likely N-dealkylation sites (N-methyl/N-ethyl adjacent to an activating group) is 1. The Bertz CT molecular complexity index is 499. The monoisotopic (exact) mass is 261 g/mol. The molecular formula is C14H19N3O2. The maximum absolute atomic E-state index is 12.4. The predicted molar refractivity (Wildman–Crippen MR) is 73.8 cm³/mol. The number of amides is 2. The molecule has 0 aliphatic carbocycles. The minimum absolute atomic E-state index is 0.0693. The van der Waals surface area contributed by atoms with Gasteiger partial charge in [0.2, 0.25) is 11.8 Å². The van der Waals surface area contributed by atoms with E-state index in [9.17, 15) is 9.59 Å². The molecule has 1 heterocycles. The van der Waals surface area contributed by atoms with E-state index in [1.807, 2.05) is 31.2 Å². The molecule has 0 fully saturated rings. The van der Waals surface area contributed by atoms with Crippen LogP contribution in [0.5, 0.6) is 0 Å². The van der Waals surface area contributed by atoms with Crippen LogP contribution in [0.3, 0.4) is 0 Å². The first-order valence-electron chi connectivity index (χ1n) is 6.33. The molecule has 102 valence electrons. The van der Waals surface area contributed by atoms with Crippen molar-refractivity contribution in [2.24, 2.45) is 0 Å². The van der Waals surface area contributed by atoms with E-state index in [1.54, 1.807) is 19.0 Å². The number of hydrogen-bond acceptors (Lipinski definition) is 3. The van der Waals surface area contributed by atoms with Gasteiger partial charge in [0.15, 0.2) is 0 Å². The van der Waals surface area contributed by atoms with Crippen molar-refractivity contribution in [1.82, 2.24) is 10.2 Å². The van der Waals surface area contributed by atoms with Crippen molar-refractivity contribution in [2.45, 2.75) is 19.5 Å². The van der Waals surface area contributed by atoms with Gasteiger partial charge < -0.3 is 15.1 Å². The van der Waals surface area contributed by atoms with Crippen molar-refractivity contribution in [1.29, 1.82) is 0 Å². The number of fused-ring (bicyclic) bond motifs is 1. The highest BCUT2D eigenvalue weighted by atomic mass is 16.2. The molecule has 2 rings (SSSR count). The normalized spacial score (nSPS) is 18.8. The largest absolute Gasteiger partial charge is 0.347 e. The fraction of sp³-hybridized carbons (Fsp3) is 0.429. The number of nitrogens with zero attached hydrogens (tertiary/aromatic N) is 2. The Morgan fingerprint density at radius 3 is 2.79 bits per heavy atom. The molecule has 1 aliphatic heterocycles. The second-order valence-corrected chi connectivity index (χ2v) is 4.94. The summed E-state index contributed by atoms with van der Waals surface area (Å²) in [5, 5.41) is 3.17. The first kappa shape index (κ1) is 13.5. The number of nitrogens with one attached hydrogen (secondary N) is 1. The Morgan fingerprint density at radius 2 is 2.11 bits per heavy atom. The van der Waals surface area contributed by atoms with E-state index in [1.165, 1.54) is 4.90 Å². The summed E-state index contributed by atoms with van der Waals surface area (Å²) in [5.74, 6) is -0.155. The molecule has 0 saturated carbocycles. The topological polar surface area (TPSA) is 52.7 Å². The molecule has 1 N–H and O–H groups in total. The van der Waals surface area contributed by atoms with Gasteiger partial charge in [0.05, 0.1) is 6.04 Å². The van der Waals surface area contributed by atoms with Crippen molar-refractivity contribution >= 4 is 17.5 Å². The van der Waals surface area contributed by atoms with Crippen molar-refractivity contribution in [3.63, 3.8) is 0 Å². The molecule has 0 spiro atoms. The lowest BCUT2D eigenvalue weighted by atomic mass is 10.1. The lowest BCUT2D eigenvalue weighted by Gasteiger charge is -2.25. The second-order valence-electron chi connectivity index (χ2n) is 4.94. The minimum Gasteiger partial charge on any atom is -0.347 e. The van der Waals surface area contributed by atoms with E-state index >= 15 is 0 Å². The third-order valence-corrected chi connectivity index (χ3v) is 3.31. The zero-order valence-electron chi connectivity index (χ0n) is 11.5. The number of carbonyl (C=O) groups excluding carboxylic acids is 2. The van der Waals surface area contributed by atoms with Gasteiger partial charge in [-0.25, -0.2) is 0 Å². The summed E-state index contributed by atoms with van der Waals surface area (Å²) in [4.78, 5) is 27.3. The fourth-order valence-corrected chi connectivity index (χ4v) is 2.07. The van der Waals surface area contributed by atoms with Gasteiger partial charge in [-0.05, 0) is 18.6 Å². The van der Waals surface area contributed by atoms with Crippen molar-refractivity contribution in [3.05, 3.63) is 29.8 Å². The van der Waals surface area contributed by atoms with Gasteiger partial charge >= 0.3 is 0 Å². The zero-order valence-corrected chi connectivity index (χ0v) is 11.5. The van der Waals surface area contributed by atoms with Crippen LogP contribution in [0.25, 0.3) is 0 Å². The quantitative estimate of drug-likeness (QED) is 0.848. The van der Waals surface area contributed by atoms with Crippen LogP contribution in [0.15, 0.2) is 24.3 Å². The number of carbonyl (C=O) groups is 2. The highest BCUT2D eigenvalue weighted by Gasteiger charge is 2.28. The number of rotatable bonds is 2. The minimum atomic E-state index is -0.289. The van der Waals surface area contributed by atoms with Crippen molar-refractivity contribution in [2.75, 3.05) is 25.5 Å². The Balaban J connectivity index is 2.36. The van der Waals surface area contributed by atoms with E-state index in [-0.39, 0.29) is 24.4 Å². The van der Waals surface area contributed by atoms with Gasteiger partial charge in [-0.15, -0.1) is 0 Å². The van der Waals surface area contributed by atoms with Crippen LogP contribution in [-0.4, -0.2) is 43.4 Å². The maximum Gasteiger partial charge on any atom is 0.244 e. The molecule has 0 bridgehead atoms. The molecule has 1 aliphatic rings. The molecule has 19 heavy (non-hydrogen) atoms. The summed E-state index contributed by atoms with van der Waals surface area (Å²) >= 11 is 0. The van der Waals surface area contributed by atoms with Crippen LogP contribution in [0, 0.1) is 0 Å². The predicted octanol–water partition coefficient (Wildman–Crippen LogP) is 0.599. The molecule has 0 radical (unpaired) electrons. The zero-order chi connectivity index (χ0) is 14.0. The van der Waals surface area contributed by atoms with Crippen LogP contribution >= 0.6 is 0 Å². The third-order valence-electron chi connectivity index (χ3n) is 3.31. The van der Waals surface area contributed by atoms with Gasteiger partial charge in [-0.2, -0.15) is 0 Å². The summed E-state index contributed by atoms with van der Waals surface area (Å²) in [5.41, 5.74) is 1.85. The van der Waals surface area contributed by atoms with Crippen LogP contribution in [0.4, 0.5) is 5.69 Å². The SMILES string of the molecule is CC1NCc2ccccc2N(CC(=O)N(C)C)C1=O. The average Bonchev–Trinajstić information content (AvgIpc) is 2.51. The number of anilines is 1. The summed E-state index contributed by atoms with van der Waals surface area (Å²) < 4.78 is 0. The lowest BCUT2D eigenvalue weighted by molar-refractivity contribution is -0.129. The maximum atomic E-state index is 12.4. The summed E-state index contributed by atoms with van der Waals surface area (Å²) in [6.07, 6.45) is 0. The Kier molecular flexibility index (Phi) is 3.85. The summed E-state index contributed by atoms with van der Waals surface area (Å²) in [6, 6.07) is 7.39. The van der Waals surface area contributed by atoms with Gasteiger partial charge in [0, 0.05) is 26.3 Å². The van der Waals surface area contributed by atoms with Gasteiger partial charge in [0.25, 0.3) is 0 Å². The van der Waals surface area contributed by atoms with Crippen LogP contribution in [0.1, 0.15) is 12.5 Å². The van der Waals surface area contributed by atoms with E-state index in [0.29, 0.717) is 6.54 Å². The molecule has 1 aromatic carbocycles. The molecule has 5 heteroatoms. The van der Waals surface area contributed by atoms with Gasteiger partial charge in [0.1, 0.15) is 6.54 Å². The smallest absolute Gasteiger partial charge is 0.244 e. The first-order chi connectivity index (χ1) is 9.00. The van der Waals surface area contributed by atoms with E-state index in [2.05, 4.69) is 5.32 Å². The fourth-order valence-electron chi connectivity index (χ4n) is 2.07. The van der Waals surface area contributed by atoms with Crippen LogP contribution < -0.4 is 10.2 Å². The first-order valence-corrected chi connectivity index (χ1v) is 6.33. The molecule has 0 aromatic heterocycles. The number of para-hydroxylation sites is 1. The molecule has 1 atom stereocenters. The summed E-state index contributed by atoms with van der Waals surface area (Å²) in [6.45, 7) is 2.53.